The van der Waals surface area contributed by atoms with E-state index >= 15 is 0 Å². The number of carbonyl (C=O) groups excluding carboxylic acids is 4. The molecule has 0 aliphatic carbocycles. The molecule has 0 amide bonds. The number of carboxylic acid groups (broad SMARTS) is 4. The van der Waals surface area contributed by atoms with E-state index in [0.717, 1.165) is 82.3 Å². The summed E-state index contributed by atoms with van der Waals surface area (Å²) in [5.41, 5.74) is 0. The molecular weight excluding hydrogens is 1850 g/mol. The minimum Gasteiger partial charge on any atom is -0.550 e. The molecule has 660 valence electrons. The summed E-state index contributed by atoms with van der Waals surface area (Å²) in [6.45, 7) is 11.5. The van der Waals surface area contributed by atoms with Crippen LogP contribution < -0.4 is 227 Å². The van der Waals surface area contributed by atoms with Gasteiger partial charge in [0.2, 0.25) is 0 Å². The molecule has 30 fully saturated rings. The molecule has 16 unspecified atom stereocenters. The molecule has 30 aliphatic rings. The third-order valence-corrected chi connectivity index (χ3v) is 27.0. The van der Waals surface area contributed by atoms with E-state index in [2.05, 4.69) is 33.4 Å². The number of carboxylic acids is 4. The summed E-state index contributed by atoms with van der Waals surface area (Å²) >= 11 is 11.4. The summed E-state index contributed by atoms with van der Waals surface area (Å²) < 4.78 is 99.7. The van der Waals surface area contributed by atoms with Crippen LogP contribution in [-0.4, -0.2) is 438 Å². The van der Waals surface area contributed by atoms with E-state index in [1.165, 1.54) is 0 Å². The molecule has 16 bridgehead atoms. The van der Waals surface area contributed by atoms with Crippen molar-refractivity contribution >= 4 is 119 Å². The zero-order chi connectivity index (χ0) is 83.1. The number of ether oxygens (including phenoxy) is 16. The van der Waals surface area contributed by atoms with Crippen LogP contribution >= 0.6 is 95.0 Å². The summed E-state index contributed by atoms with van der Waals surface area (Å²) in [5, 5.41) is 239. The third-order valence-electron chi connectivity index (χ3n) is 19.8. The first-order valence-electron chi connectivity index (χ1n) is 36.5. The van der Waals surface area contributed by atoms with Crippen molar-refractivity contribution < 1.29 is 404 Å². The van der Waals surface area contributed by atoms with Gasteiger partial charge in [0, 0.05) is 69.9 Å². The van der Waals surface area contributed by atoms with E-state index in [0.29, 0.717) is 0 Å². The van der Waals surface area contributed by atoms with Gasteiger partial charge in [0.1, 0.15) is 146 Å². The zero-order valence-electron chi connectivity index (χ0n) is 67.9. The Balaban J connectivity index is 0.00000709. The van der Waals surface area contributed by atoms with E-state index in [-0.39, 0.29) is 287 Å². The third kappa shape index (κ3) is 33.8. The zero-order valence-corrected chi connectivity index (χ0v) is 88.5. The Kier molecular flexibility index (Phi) is 62.3. The van der Waals surface area contributed by atoms with Crippen LogP contribution in [-0.2, 0) is 95.0 Å². The van der Waals surface area contributed by atoms with Crippen molar-refractivity contribution in [3.63, 3.8) is 0 Å². The SMILES string of the molecule is [CH2-]CSCC1O[C@@H]2O[C@@H]3C(CSCCC(=O)[O-])O[C@@H](O[C@@H]4C(CSC[CH2-])O[C@@H](O[C@@H]5C(CSC[CH2-])O[C@@H](O[C@@H]6C(CSCCC(=O)[O-])O[C@H](O[C@@H]7C(CS)O[C@H](O[C@@H]8C(CSCCC(=O)[O-])O[C@H](O[C@@H]9C(CSCCC(=O)[O-])O[C@H](O[C@H]1[C@H](O)C2O)C(O)[C@H]9O)C(O)[C@H]8O)C(O)[C@H]7O)C(O)[C@H]6O)C(O)[C@H]5O)C(O)[C@H]4O)C(O)[C@H]3O.[Na+].[Na+].[Na+].[Na+].[Na+].[Na+].[Na+]. The Morgan fingerprint density at radius 3 is 0.496 bits per heavy atom. The Labute approximate surface area is 889 Å². The van der Waals surface area contributed by atoms with Gasteiger partial charge in [0.05, 0.1) is 48.8 Å². The molecule has 30 saturated heterocycles. The quantitative estimate of drug-likeness (QED) is 0.0137. The standard InChI is InChI=1S/C66H105O40S8.7Na/c1-4-108-16-24-52-37(77)46(86)62(93-24)104-56-28(20-112-12-8-32(69)70)95-60(44(84)39(56)79)99-51-23(15-107)91-59(43(83)35(51)75)100-55-27(19-111-11-7-31(67)68)96-66(48(88)40(55)80)106-58-30(22-114-14-10-34(73)74)98-65(50(90)42(58)82)103-54-26(18-110-6-3)94-63(47(87)38(54)78)105-57-29(21-113-13-9-33(71)72)97-64(49(89)41(57)81)102-53-25(17-109-5-2)92-61(101-52)45(85)36(53)76;;;;;;;/h23-30,35-66,75-90,107H,1-22H2,(H,67,68)(H,69,70)(H,71,72)(H,73,74);;;;;;;/q-3;7*+1/p-4/t23?,24?,25?,26?,27?,28?,29?,30?,35-,36-,37-,38-,39-,40-,41-,42-,43?,44?,45?,46?,47?,48?,49?,50?,51-,52-,53-,54-,55-,56-,57-,58-,59-,60-,61+,62+,63-,64+,65-,66-;;;;;;;/m1......./s1. The number of thioether (sulfide) groups is 7. The Hall–Kier alpha value is 6.40. The van der Waals surface area contributed by atoms with Gasteiger partial charge in [-0.3, -0.25) is 0 Å². The first-order valence-corrected chi connectivity index (χ1v) is 45.2. The molecule has 0 spiro atoms. The predicted molar refractivity (Wildman–Crippen MR) is 394 cm³/mol. The smallest absolute Gasteiger partial charge is 0.550 e. The molecule has 30 heterocycles. The van der Waals surface area contributed by atoms with Gasteiger partial charge in [-0.25, -0.2) is 0 Å². The van der Waals surface area contributed by atoms with Crippen molar-refractivity contribution in [1.82, 2.24) is 0 Å². The van der Waals surface area contributed by atoms with Gasteiger partial charge >= 0.3 is 207 Å². The van der Waals surface area contributed by atoms with Crippen LogP contribution in [0.25, 0.3) is 0 Å². The molecule has 0 aromatic carbocycles. The largest absolute Gasteiger partial charge is 1.00 e. The van der Waals surface area contributed by atoms with Crippen molar-refractivity contribution in [2.75, 3.05) is 86.3 Å². The summed E-state index contributed by atoms with van der Waals surface area (Å²) in [6.07, 6.45) is -78.3. The predicted octanol–water partition coefficient (Wildman–Crippen LogP) is -33.2. The van der Waals surface area contributed by atoms with Gasteiger partial charge in [-0.2, -0.15) is 95.0 Å². The van der Waals surface area contributed by atoms with Crippen LogP contribution in [0, 0.1) is 20.8 Å². The number of aliphatic hydroxyl groups excluding tert-OH is 16. The minimum atomic E-state index is -2.24. The topological polar surface area (TPSA) is 632 Å². The Bertz CT molecular complexity index is 2970. The van der Waals surface area contributed by atoms with Crippen molar-refractivity contribution in [1.29, 1.82) is 0 Å². The van der Waals surface area contributed by atoms with Gasteiger partial charge in [-0.15, -0.1) is 17.3 Å². The molecule has 0 aromatic rings. The normalized spacial score (nSPS) is 42.7. The van der Waals surface area contributed by atoms with Gasteiger partial charge in [0.15, 0.2) is 50.3 Å². The molecule has 0 radical (unpaired) electrons. The van der Waals surface area contributed by atoms with Crippen molar-refractivity contribution in [2.24, 2.45) is 0 Å². The first-order chi connectivity index (χ1) is 54.3. The molecule has 0 saturated carbocycles. The number of hydrogen-bond donors (Lipinski definition) is 17. The minimum absolute atomic E-state index is 0. The molecule has 30 aliphatic heterocycles. The van der Waals surface area contributed by atoms with E-state index < -0.39 is 301 Å². The molecule has 55 heteroatoms. The van der Waals surface area contributed by atoms with E-state index in [1.807, 2.05) is 0 Å². The van der Waals surface area contributed by atoms with Crippen molar-refractivity contribution in [3.8, 4) is 0 Å². The monoisotopic (exact) mass is 1950 g/mol. The molecule has 0 aromatic heterocycles. The molecule has 40 nitrogen and oxygen atoms in total. The van der Waals surface area contributed by atoms with Crippen molar-refractivity contribution in [3.05, 3.63) is 20.8 Å². The first kappa shape index (κ1) is 123. The fraction of sp³-hybridized carbons (Fsp3) is 0.894. The fourth-order valence-corrected chi connectivity index (χ4v) is 20.0. The second-order valence-corrected chi connectivity index (χ2v) is 36.1. The summed E-state index contributed by atoms with van der Waals surface area (Å²) in [4.78, 5) is 46.3. The van der Waals surface area contributed by atoms with Crippen LogP contribution in [0.3, 0.4) is 0 Å². The van der Waals surface area contributed by atoms with E-state index in [4.69, 9.17) is 75.8 Å². The maximum atomic E-state index is 12.1. The second-order valence-electron chi connectivity index (χ2n) is 27.7. The number of rotatable bonds is 30. The number of thiol groups is 1. The Morgan fingerprint density at radius 1 is 0.231 bits per heavy atom. The average Bonchev–Trinajstić information content (AvgIpc) is 0.771. The van der Waals surface area contributed by atoms with Crippen LogP contribution in [0.15, 0.2) is 0 Å². The van der Waals surface area contributed by atoms with Gasteiger partial charge in [0.25, 0.3) is 0 Å². The van der Waals surface area contributed by atoms with Gasteiger partial charge in [-0.1, -0.05) is 0 Å². The van der Waals surface area contributed by atoms with Crippen LogP contribution in [0.1, 0.15) is 25.7 Å². The number of aliphatic carboxylic acids is 4. The average molecular weight is 1950 g/mol. The van der Waals surface area contributed by atoms with Gasteiger partial charge < -0.3 is 218 Å². The number of hydrogen-bond acceptors (Lipinski definition) is 48. The maximum Gasteiger partial charge on any atom is 1.00 e. The second kappa shape index (κ2) is 61.1. The Morgan fingerprint density at radius 2 is 0.364 bits per heavy atom. The molecule has 40 atom stereocenters. The van der Waals surface area contributed by atoms with E-state index in [1.54, 1.807) is 0 Å². The maximum absolute atomic E-state index is 12.1. The molecule has 30 rings (SSSR count). The molecular formula is C66H101Na7O40S8. The van der Waals surface area contributed by atoms with Crippen molar-refractivity contribution in [2.45, 2.75) is 271 Å². The van der Waals surface area contributed by atoms with Crippen LogP contribution in [0.4, 0.5) is 0 Å². The summed E-state index contributed by atoms with van der Waals surface area (Å²) in [7, 11) is 0. The van der Waals surface area contributed by atoms with Crippen LogP contribution in [0.2, 0.25) is 0 Å². The summed E-state index contributed by atoms with van der Waals surface area (Å²) in [5.74, 6) is -7.86. The van der Waals surface area contributed by atoms with Crippen LogP contribution in [0.5, 0.6) is 0 Å². The fourth-order valence-electron chi connectivity index (χ4n) is 13.8. The number of carbonyl (C=O) groups is 4. The molecule has 121 heavy (non-hydrogen) atoms. The summed E-state index contributed by atoms with van der Waals surface area (Å²) in [6, 6.07) is 0. The van der Waals surface area contributed by atoms with E-state index in [9.17, 15) is 121 Å². The number of aliphatic hydroxyl groups is 16. The van der Waals surface area contributed by atoms with Gasteiger partial charge in [-0.05, 0) is 48.7 Å². The molecule has 16 N–H and O–H groups in total.